The lowest BCUT2D eigenvalue weighted by atomic mass is 10.0. The molecule has 1 aliphatic rings. The van der Waals surface area contributed by atoms with Crippen molar-refractivity contribution in [1.29, 1.82) is 0 Å². The number of methoxy groups -OCH3 is 1. The molecular formula is C18H23N3O3. The standard InChI is InChI=1S/C18H23N3O3/c1-19(2)15-6-4-5-13-11-20(12-14(13)15)16-7-8-17(22)21(18(16)23)9-10-24-3/h4-6,11-12,16H,7-10H2,1-3H3. The third-order valence-electron chi connectivity index (χ3n) is 4.53. The van der Waals surface area contributed by atoms with Crippen LogP contribution in [0.25, 0.3) is 10.8 Å². The lowest BCUT2D eigenvalue weighted by molar-refractivity contribution is -0.151. The summed E-state index contributed by atoms with van der Waals surface area (Å²) in [6, 6.07) is 5.78. The molecule has 1 aliphatic heterocycles. The highest BCUT2D eigenvalue weighted by Gasteiger charge is 2.35. The summed E-state index contributed by atoms with van der Waals surface area (Å²) >= 11 is 0. The van der Waals surface area contributed by atoms with Gasteiger partial charge in [0.1, 0.15) is 6.04 Å². The number of ether oxygens (including phenoxy) is 1. The molecule has 2 aromatic rings. The maximum absolute atomic E-state index is 12.8. The van der Waals surface area contributed by atoms with E-state index in [1.807, 2.05) is 43.2 Å². The number of carbonyl (C=O) groups is 2. The van der Waals surface area contributed by atoms with Gasteiger partial charge in [-0.1, -0.05) is 12.1 Å². The van der Waals surface area contributed by atoms with Gasteiger partial charge >= 0.3 is 0 Å². The number of anilines is 1. The molecule has 1 unspecified atom stereocenters. The summed E-state index contributed by atoms with van der Waals surface area (Å²) in [5.74, 6) is -0.256. The van der Waals surface area contributed by atoms with Crippen molar-refractivity contribution in [1.82, 2.24) is 9.47 Å². The summed E-state index contributed by atoms with van der Waals surface area (Å²) in [4.78, 5) is 28.2. The highest BCUT2D eigenvalue weighted by Crippen LogP contribution is 2.31. The van der Waals surface area contributed by atoms with E-state index in [-0.39, 0.29) is 17.9 Å². The average molecular weight is 329 g/mol. The van der Waals surface area contributed by atoms with Crippen LogP contribution in [0.3, 0.4) is 0 Å². The molecule has 0 spiro atoms. The first-order valence-corrected chi connectivity index (χ1v) is 8.13. The Morgan fingerprint density at radius 3 is 2.75 bits per heavy atom. The van der Waals surface area contributed by atoms with Crippen molar-refractivity contribution in [2.45, 2.75) is 18.9 Å². The van der Waals surface area contributed by atoms with Crippen molar-refractivity contribution in [2.24, 2.45) is 0 Å². The minimum atomic E-state index is -0.332. The quantitative estimate of drug-likeness (QED) is 0.788. The van der Waals surface area contributed by atoms with Gasteiger partial charge in [0.15, 0.2) is 0 Å². The molecular weight excluding hydrogens is 306 g/mol. The molecule has 24 heavy (non-hydrogen) atoms. The first-order valence-electron chi connectivity index (χ1n) is 8.13. The van der Waals surface area contributed by atoms with E-state index < -0.39 is 0 Å². The van der Waals surface area contributed by atoms with E-state index in [1.165, 1.54) is 4.90 Å². The predicted octanol–water partition coefficient (Wildman–Crippen LogP) is 2.04. The second-order valence-corrected chi connectivity index (χ2v) is 6.31. The fourth-order valence-corrected chi connectivity index (χ4v) is 3.26. The summed E-state index contributed by atoms with van der Waals surface area (Å²) in [5.41, 5.74) is 1.11. The number of rotatable bonds is 5. The highest BCUT2D eigenvalue weighted by atomic mass is 16.5. The smallest absolute Gasteiger partial charge is 0.252 e. The number of fused-ring (bicyclic) bond motifs is 1. The Hall–Kier alpha value is -2.34. The fourth-order valence-electron chi connectivity index (χ4n) is 3.26. The summed E-state index contributed by atoms with van der Waals surface area (Å²) < 4.78 is 6.96. The van der Waals surface area contributed by atoms with Crippen molar-refractivity contribution >= 4 is 28.3 Å². The molecule has 2 amide bonds. The molecule has 128 valence electrons. The lowest BCUT2D eigenvalue weighted by Crippen LogP contribution is -2.46. The Morgan fingerprint density at radius 2 is 2.04 bits per heavy atom. The fraction of sp³-hybridized carbons (Fsp3) is 0.444. The zero-order valence-corrected chi connectivity index (χ0v) is 14.4. The van der Waals surface area contributed by atoms with E-state index in [1.54, 1.807) is 7.11 Å². The Bertz CT molecular complexity index is 766. The number of hydrogen-bond donors (Lipinski definition) is 0. The molecule has 1 saturated heterocycles. The van der Waals surface area contributed by atoms with Crippen LogP contribution in [0.4, 0.5) is 5.69 Å². The van der Waals surface area contributed by atoms with Crippen LogP contribution in [0.2, 0.25) is 0 Å². The van der Waals surface area contributed by atoms with Crippen LogP contribution in [-0.4, -0.2) is 55.6 Å². The molecule has 1 aromatic carbocycles. The number of likely N-dealkylation sites (tertiary alicyclic amines) is 1. The molecule has 0 aliphatic carbocycles. The molecule has 0 bridgehead atoms. The van der Waals surface area contributed by atoms with Gasteiger partial charge in [-0.05, 0) is 12.5 Å². The molecule has 2 heterocycles. The normalized spacial score (nSPS) is 18.5. The van der Waals surface area contributed by atoms with Crippen molar-refractivity contribution < 1.29 is 14.3 Å². The molecule has 0 N–H and O–H groups in total. The van der Waals surface area contributed by atoms with Crippen LogP contribution >= 0.6 is 0 Å². The second kappa shape index (κ2) is 6.65. The van der Waals surface area contributed by atoms with Crippen molar-refractivity contribution in [3.8, 4) is 0 Å². The van der Waals surface area contributed by atoms with E-state index in [0.717, 1.165) is 16.5 Å². The van der Waals surface area contributed by atoms with Gasteiger partial charge in [0.2, 0.25) is 5.91 Å². The molecule has 6 heteroatoms. The monoisotopic (exact) mass is 329 g/mol. The topological polar surface area (TPSA) is 54.8 Å². The van der Waals surface area contributed by atoms with Crippen LogP contribution in [0, 0.1) is 0 Å². The number of amides is 2. The third kappa shape index (κ3) is 2.89. The maximum atomic E-state index is 12.8. The number of hydrogen-bond acceptors (Lipinski definition) is 4. The molecule has 0 radical (unpaired) electrons. The van der Waals surface area contributed by atoms with E-state index in [2.05, 4.69) is 11.0 Å². The van der Waals surface area contributed by atoms with Gasteiger partial charge in [-0.25, -0.2) is 0 Å². The number of nitrogens with zero attached hydrogens (tertiary/aromatic N) is 3. The van der Waals surface area contributed by atoms with Crippen LogP contribution in [-0.2, 0) is 14.3 Å². The SMILES string of the molecule is COCCN1C(=O)CCC(n2cc3cccc(N(C)C)c3c2)C1=O. The van der Waals surface area contributed by atoms with E-state index in [0.29, 0.717) is 26.0 Å². The van der Waals surface area contributed by atoms with Gasteiger partial charge in [0.25, 0.3) is 5.91 Å². The molecule has 1 fully saturated rings. The third-order valence-corrected chi connectivity index (χ3v) is 4.53. The van der Waals surface area contributed by atoms with E-state index in [4.69, 9.17) is 4.74 Å². The number of aromatic nitrogens is 1. The summed E-state index contributed by atoms with van der Waals surface area (Å²) in [6.45, 7) is 0.678. The van der Waals surface area contributed by atoms with Gasteiger partial charge < -0.3 is 14.2 Å². The molecule has 1 aromatic heterocycles. The highest BCUT2D eigenvalue weighted by molar-refractivity contribution is 6.00. The van der Waals surface area contributed by atoms with Crippen LogP contribution in [0.5, 0.6) is 0 Å². The predicted molar refractivity (Wildman–Crippen MR) is 93.1 cm³/mol. The van der Waals surface area contributed by atoms with E-state index in [9.17, 15) is 9.59 Å². The Kier molecular flexibility index (Phi) is 4.57. The number of piperidine rings is 1. The van der Waals surface area contributed by atoms with Gasteiger partial charge in [-0.3, -0.25) is 14.5 Å². The second-order valence-electron chi connectivity index (χ2n) is 6.31. The number of imide groups is 1. The van der Waals surface area contributed by atoms with Gasteiger partial charge in [-0.15, -0.1) is 0 Å². The number of benzene rings is 1. The summed E-state index contributed by atoms with van der Waals surface area (Å²) in [5, 5.41) is 2.20. The van der Waals surface area contributed by atoms with Crippen molar-refractivity contribution in [3.05, 3.63) is 30.6 Å². The van der Waals surface area contributed by atoms with Crippen LogP contribution in [0.1, 0.15) is 18.9 Å². The zero-order valence-electron chi connectivity index (χ0n) is 14.4. The largest absolute Gasteiger partial charge is 0.383 e. The van der Waals surface area contributed by atoms with Crippen LogP contribution in [0.15, 0.2) is 30.6 Å². The van der Waals surface area contributed by atoms with Crippen molar-refractivity contribution in [2.75, 3.05) is 39.3 Å². The maximum Gasteiger partial charge on any atom is 0.252 e. The lowest BCUT2D eigenvalue weighted by Gasteiger charge is -2.31. The Labute approximate surface area is 141 Å². The Morgan fingerprint density at radius 1 is 1.25 bits per heavy atom. The molecule has 6 nitrogen and oxygen atoms in total. The van der Waals surface area contributed by atoms with Gasteiger partial charge in [-0.2, -0.15) is 0 Å². The summed E-state index contributed by atoms with van der Waals surface area (Å²) in [6.07, 6.45) is 4.93. The first-order chi connectivity index (χ1) is 11.5. The first kappa shape index (κ1) is 16.5. The van der Waals surface area contributed by atoms with E-state index >= 15 is 0 Å². The average Bonchev–Trinajstić information content (AvgIpc) is 2.98. The minimum absolute atomic E-state index is 0.112. The molecule has 3 rings (SSSR count). The zero-order chi connectivity index (χ0) is 17.3. The van der Waals surface area contributed by atoms with Crippen molar-refractivity contribution in [3.63, 3.8) is 0 Å². The minimum Gasteiger partial charge on any atom is -0.383 e. The van der Waals surface area contributed by atoms with Crippen LogP contribution < -0.4 is 4.90 Å². The number of carbonyl (C=O) groups excluding carboxylic acids is 2. The summed E-state index contributed by atoms with van der Waals surface area (Å²) in [7, 11) is 5.57. The Balaban J connectivity index is 1.93. The molecule has 1 atom stereocenters. The van der Waals surface area contributed by atoms with Gasteiger partial charge in [0.05, 0.1) is 13.2 Å². The van der Waals surface area contributed by atoms with Gasteiger partial charge in [0, 0.05) is 56.5 Å². The molecule has 0 saturated carbocycles.